The van der Waals surface area contributed by atoms with Crippen LogP contribution in [0.3, 0.4) is 0 Å². The number of rotatable bonds is 4. The number of hydrogen-bond donors (Lipinski definition) is 2. The molecule has 9 heteroatoms. The quantitative estimate of drug-likeness (QED) is 0.387. The molecule has 156 valence electrons. The number of fused-ring (bicyclic) bond motifs is 1. The summed E-state index contributed by atoms with van der Waals surface area (Å²) in [5, 5.41) is 0.226. The highest BCUT2D eigenvalue weighted by Gasteiger charge is 2.13. The van der Waals surface area contributed by atoms with E-state index in [2.05, 4.69) is 19.9 Å². The SMILES string of the molecule is COc1cc(F)cc(-c2cnc(N=C(N)c3[nH]c4ccc(F)cc4c(=O)c3C)cn2)c1. The lowest BCUT2D eigenvalue weighted by Crippen LogP contribution is -2.22. The Morgan fingerprint density at radius 3 is 2.61 bits per heavy atom. The topological polar surface area (TPSA) is 106 Å². The largest absolute Gasteiger partial charge is 0.497 e. The van der Waals surface area contributed by atoms with Gasteiger partial charge in [-0.3, -0.25) is 9.78 Å². The van der Waals surface area contributed by atoms with Crippen LogP contribution in [0.5, 0.6) is 5.75 Å². The number of nitrogens with zero attached hydrogens (tertiary/aromatic N) is 3. The Hall–Kier alpha value is -4.14. The molecule has 0 radical (unpaired) electrons. The van der Waals surface area contributed by atoms with Crippen LogP contribution in [0, 0.1) is 18.6 Å². The molecule has 2 aromatic carbocycles. The molecule has 2 heterocycles. The first-order valence-corrected chi connectivity index (χ1v) is 9.19. The smallest absolute Gasteiger partial charge is 0.193 e. The third-order valence-electron chi connectivity index (χ3n) is 4.73. The number of aromatic amines is 1. The van der Waals surface area contributed by atoms with Crippen LogP contribution in [0.15, 0.2) is 58.6 Å². The van der Waals surface area contributed by atoms with E-state index in [4.69, 9.17) is 10.5 Å². The van der Waals surface area contributed by atoms with Gasteiger partial charge in [0.05, 0.1) is 36.4 Å². The maximum atomic E-state index is 13.7. The van der Waals surface area contributed by atoms with Crippen molar-refractivity contribution in [1.82, 2.24) is 15.0 Å². The summed E-state index contributed by atoms with van der Waals surface area (Å²) >= 11 is 0. The first-order valence-electron chi connectivity index (χ1n) is 9.19. The molecule has 0 saturated carbocycles. The first kappa shape index (κ1) is 20.1. The summed E-state index contributed by atoms with van der Waals surface area (Å²) in [5.74, 6) is -0.380. The molecule has 31 heavy (non-hydrogen) atoms. The maximum Gasteiger partial charge on any atom is 0.193 e. The molecule has 0 unspecified atom stereocenters. The van der Waals surface area contributed by atoms with E-state index in [0.717, 1.165) is 0 Å². The van der Waals surface area contributed by atoms with Gasteiger partial charge in [-0.2, -0.15) is 0 Å². The van der Waals surface area contributed by atoms with Crippen LogP contribution in [-0.2, 0) is 0 Å². The summed E-state index contributed by atoms with van der Waals surface area (Å²) < 4.78 is 32.3. The second-order valence-corrected chi connectivity index (χ2v) is 6.78. The summed E-state index contributed by atoms with van der Waals surface area (Å²) in [7, 11) is 1.44. The van der Waals surface area contributed by atoms with Gasteiger partial charge < -0.3 is 15.5 Å². The Kier molecular flexibility index (Phi) is 5.16. The highest BCUT2D eigenvalue weighted by molar-refractivity contribution is 6.00. The second kappa shape index (κ2) is 7.94. The number of hydrogen-bond acceptors (Lipinski definition) is 5. The molecule has 0 atom stereocenters. The van der Waals surface area contributed by atoms with Crippen molar-refractivity contribution >= 4 is 22.6 Å². The van der Waals surface area contributed by atoms with Crippen LogP contribution in [-0.4, -0.2) is 27.9 Å². The van der Waals surface area contributed by atoms with Crippen LogP contribution in [0.1, 0.15) is 11.3 Å². The standard InChI is InChI=1S/C22H17F2N5O2/c1-11-20(28-17-4-3-13(23)8-16(17)21(11)30)22(25)29-19-10-26-18(9-27-19)12-5-14(24)7-15(6-12)31-2/h3-10H,1-2H3,(H,28,30)(H2,25,27,29). The molecular formula is C22H17F2N5O2. The van der Waals surface area contributed by atoms with E-state index >= 15 is 0 Å². The first-order chi connectivity index (χ1) is 14.9. The molecule has 4 rings (SSSR count). The monoisotopic (exact) mass is 421 g/mol. The van der Waals surface area contributed by atoms with E-state index < -0.39 is 11.6 Å². The molecule has 7 nitrogen and oxygen atoms in total. The zero-order chi connectivity index (χ0) is 22.1. The van der Waals surface area contributed by atoms with Gasteiger partial charge in [0.15, 0.2) is 11.2 Å². The number of aliphatic imine (C=N–C) groups is 1. The molecular weight excluding hydrogens is 404 g/mol. The highest BCUT2D eigenvalue weighted by atomic mass is 19.1. The molecule has 0 fully saturated rings. The van der Waals surface area contributed by atoms with E-state index in [1.807, 2.05) is 0 Å². The van der Waals surface area contributed by atoms with Crippen molar-refractivity contribution in [3.8, 4) is 17.0 Å². The third-order valence-corrected chi connectivity index (χ3v) is 4.73. The van der Waals surface area contributed by atoms with Crippen LogP contribution in [0.4, 0.5) is 14.6 Å². The lowest BCUT2D eigenvalue weighted by Gasteiger charge is -2.08. The summed E-state index contributed by atoms with van der Waals surface area (Å²) in [6, 6.07) is 8.09. The van der Waals surface area contributed by atoms with Gasteiger partial charge in [0.25, 0.3) is 0 Å². The highest BCUT2D eigenvalue weighted by Crippen LogP contribution is 2.24. The van der Waals surface area contributed by atoms with Crippen molar-refractivity contribution in [2.75, 3.05) is 7.11 Å². The average molecular weight is 421 g/mol. The molecule has 0 amide bonds. The molecule has 2 aromatic heterocycles. The molecule has 0 aliphatic carbocycles. The fourth-order valence-electron chi connectivity index (χ4n) is 3.15. The predicted octanol–water partition coefficient (Wildman–Crippen LogP) is 3.62. The Balaban J connectivity index is 1.69. The Bertz CT molecular complexity index is 1380. The van der Waals surface area contributed by atoms with Crippen molar-refractivity contribution in [2.45, 2.75) is 6.92 Å². The number of nitrogens with one attached hydrogen (secondary N) is 1. The molecule has 0 aliphatic rings. The Morgan fingerprint density at radius 1 is 1.10 bits per heavy atom. The van der Waals surface area contributed by atoms with E-state index in [1.54, 1.807) is 13.0 Å². The molecule has 0 aliphatic heterocycles. The number of nitrogens with two attached hydrogens (primary N) is 1. The van der Waals surface area contributed by atoms with Gasteiger partial charge in [-0.05, 0) is 37.3 Å². The fraction of sp³-hybridized carbons (Fsp3) is 0.0909. The molecule has 4 aromatic rings. The zero-order valence-electron chi connectivity index (χ0n) is 16.6. The molecule has 0 saturated heterocycles. The number of pyridine rings is 1. The van der Waals surface area contributed by atoms with Gasteiger partial charge in [-0.25, -0.2) is 18.8 Å². The lowest BCUT2D eigenvalue weighted by atomic mass is 10.1. The normalized spacial score (nSPS) is 11.7. The second-order valence-electron chi connectivity index (χ2n) is 6.78. The van der Waals surface area contributed by atoms with Crippen LogP contribution in [0.2, 0.25) is 0 Å². The minimum Gasteiger partial charge on any atom is -0.497 e. The number of halogens is 2. The Morgan fingerprint density at radius 2 is 1.90 bits per heavy atom. The summed E-state index contributed by atoms with van der Waals surface area (Å²) in [6.07, 6.45) is 2.81. The number of methoxy groups -OCH3 is 1. The van der Waals surface area contributed by atoms with E-state index in [-0.39, 0.29) is 22.5 Å². The average Bonchev–Trinajstić information content (AvgIpc) is 2.76. The third kappa shape index (κ3) is 3.97. The van der Waals surface area contributed by atoms with Gasteiger partial charge in [0.2, 0.25) is 0 Å². The minimum atomic E-state index is -0.502. The van der Waals surface area contributed by atoms with Crippen LogP contribution in [0.25, 0.3) is 22.2 Å². The van der Waals surface area contributed by atoms with Gasteiger partial charge in [0.1, 0.15) is 23.2 Å². The summed E-state index contributed by atoms with van der Waals surface area (Å²) in [4.78, 5) is 28.3. The predicted molar refractivity (Wildman–Crippen MR) is 114 cm³/mol. The van der Waals surface area contributed by atoms with Gasteiger partial charge in [0, 0.05) is 22.6 Å². The van der Waals surface area contributed by atoms with Gasteiger partial charge in [-0.15, -0.1) is 0 Å². The van der Waals surface area contributed by atoms with Crippen molar-refractivity contribution in [3.63, 3.8) is 0 Å². The van der Waals surface area contributed by atoms with Crippen LogP contribution >= 0.6 is 0 Å². The van der Waals surface area contributed by atoms with E-state index in [1.165, 1.54) is 49.8 Å². The van der Waals surface area contributed by atoms with Crippen molar-refractivity contribution < 1.29 is 13.5 Å². The number of ether oxygens (including phenoxy) is 1. The minimum absolute atomic E-state index is 0.0234. The van der Waals surface area contributed by atoms with Crippen molar-refractivity contribution in [1.29, 1.82) is 0 Å². The van der Waals surface area contributed by atoms with Crippen molar-refractivity contribution in [3.05, 3.63) is 81.9 Å². The summed E-state index contributed by atoms with van der Waals surface area (Å²) in [6.45, 7) is 1.58. The number of H-pyrrole nitrogens is 1. The molecule has 0 spiro atoms. The van der Waals surface area contributed by atoms with E-state index in [0.29, 0.717) is 33.8 Å². The number of benzene rings is 2. The fourth-order valence-corrected chi connectivity index (χ4v) is 3.15. The van der Waals surface area contributed by atoms with Crippen LogP contribution < -0.4 is 15.9 Å². The Labute approximate surface area is 175 Å². The molecule has 3 N–H and O–H groups in total. The summed E-state index contributed by atoms with van der Waals surface area (Å²) in [5.41, 5.74) is 7.72. The molecule has 0 bridgehead atoms. The number of amidine groups is 1. The lowest BCUT2D eigenvalue weighted by molar-refractivity contribution is 0.411. The van der Waals surface area contributed by atoms with Crippen molar-refractivity contribution in [2.24, 2.45) is 10.7 Å². The number of aromatic nitrogens is 3. The van der Waals surface area contributed by atoms with Gasteiger partial charge in [-0.1, -0.05) is 0 Å². The maximum absolute atomic E-state index is 13.7. The van der Waals surface area contributed by atoms with E-state index in [9.17, 15) is 13.6 Å². The van der Waals surface area contributed by atoms with Gasteiger partial charge >= 0.3 is 0 Å². The zero-order valence-corrected chi connectivity index (χ0v) is 16.6.